The maximum absolute atomic E-state index is 13.1. The first-order valence-corrected chi connectivity index (χ1v) is 9.59. The van der Waals surface area contributed by atoms with Gasteiger partial charge in [-0.1, -0.05) is 0 Å². The number of hydrogen-bond acceptors (Lipinski definition) is 4. The Balaban J connectivity index is 1.56. The molecule has 1 aromatic heterocycles. The van der Waals surface area contributed by atoms with Crippen LogP contribution in [0, 0.1) is 25.2 Å². The van der Waals surface area contributed by atoms with Crippen molar-refractivity contribution in [1.82, 2.24) is 4.90 Å². The Hall–Kier alpha value is -1.40. The van der Waals surface area contributed by atoms with Gasteiger partial charge in [0.2, 0.25) is 5.91 Å². The maximum atomic E-state index is 13.1. The zero-order valence-electron chi connectivity index (χ0n) is 14.3. The molecule has 2 aliphatic heterocycles. The summed E-state index contributed by atoms with van der Waals surface area (Å²) in [5.74, 6) is 0.264. The van der Waals surface area contributed by atoms with Gasteiger partial charge in [-0.2, -0.15) is 0 Å². The molecule has 1 saturated carbocycles. The number of carbonyl (C=O) groups is 2. The standard InChI is InChI=1S/C18H24N2O3S/c1-11-12(2)24-16(19-15(21)13-3-4-13)14(11)17(22)20-7-5-18(9-20)6-8-23-10-18/h13H,3-10H2,1-2H3,(H,19,21). The molecule has 1 aromatic rings. The molecule has 3 aliphatic rings. The molecule has 0 radical (unpaired) electrons. The molecule has 2 saturated heterocycles. The van der Waals surface area contributed by atoms with Crippen molar-refractivity contribution in [3.8, 4) is 0 Å². The van der Waals surface area contributed by atoms with Gasteiger partial charge in [0.1, 0.15) is 5.00 Å². The number of rotatable bonds is 3. The molecule has 1 unspecified atom stereocenters. The fraction of sp³-hybridized carbons (Fsp3) is 0.667. The van der Waals surface area contributed by atoms with E-state index in [2.05, 4.69) is 5.32 Å². The van der Waals surface area contributed by atoms with Crippen LogP contribution in [-0.4, -0.2) is 43.0 Å². The Morgan fingerprint density at radius 3 is 2.75 bits per heavy atom. The van der Waals surface area contributed by atoms with Crippen LogP contribution >= 0.6 is 11.3 Å². The molecule has 4 rings (SSSR count). The van der Waals surface area contributed by atoms with Gasteiger partial charge in [-0.05, 0) is 45.1 Å². The Morgan fingerprint density at radius 2 is 2.08 bits per heavy atom. The summed E-state index contributed by atoms with van der Waals surface area (Å²) in [5, 5.41) is 3.74. The summed E-state index contributed by atoms with van der Waals surface area (Å²) in [6.07, 6.45) is 3.99. The summed E-state index contributed by atoms with van der Waals surface area (Å²) >= 11 is 1.52. The Bertz CT molecular complexity index is 687. The molecule has 1 aliphatic carbocycles. The third kappa shape index (κ3) is 2.75. The summed E-state index contributed by atoms with van der Waals surface area (Å²) < 4.78 is 5.56. The molecule has 3 fully saturated rings. The summed E-state index contributed by atoms with van der Waals surface area (Å²) in [4.78, 5) is 28.4. The molecular formula is C18H24N2O3S. The average Bonchev–Trinajstić information content (AvgIpc) is 3.09. The van der Waals surface area contributed by atoms with Crippen LogP contribution in [0.5, 0.6) is 0 Å². The molecule has 1 spiro atoms. The number of aryl methyl sites for hydroxylation is 1. The van der Waals surface area contributed by atoms with Crippen LogP contribution in [0.15, 0.2) is 0 Å². The SMILES string of the molecule is Cc1sc(NC(=O)C2CC2)c(C(=O)N2CCC3(CCOC3)C2)c1C. The summed E-state index contributed by atoms with van der Waals surface area (Å²) in [7, 11) is 0. The lowest BCUT2D eigenvalue weighted by molar-refractivity contribution is -0.117. The first kappa shape index (κ1) is 16.1. The van der Waals surface area contributed by atoms with E-state index >= 15 is 0 Å². The largest absolute Gasteiger partial charge is 0.381 e. The van der Waals surface area contributed by atoms with E-state index in [9.17, 15) is 9.59 Å². The highest BCUT2D eigenvalue weighted by molar-refractivity contribution is 7.16. The molecular weight excluding hydrogens is 324 g/mol. The molecule has 24 heavy (non-hydrogen) atoms. The lowest BCUT2D eigenvalue weighted by Gasteiger charge is -2.22. The molecule has 5 nitrogen and oxygen atoms in total. The third-order valence-electron chi connectivity index (χ3n) is 5.69. The van der Waals surface area contributed by atoms with Crippen molar-refractivity contribution >= 4 is 28.2 Å². The molecule has 0 bridgehead atoms. The normalized spacial score (nSPS) is 26.3. The van der Waals surface area contributed by atoms with E-state index in [4.69, 9.17) is 4.74 Å². The molecule has 3 heterocycles. The van der Waals surface area contributed by atoms with Crippen molar-refractivity contribution in [1.29, 1.82) is 0 Å². The first-order chi connectivity index (χ1) is 11.5. The number of hydrogen-bond donors (Lipinski definition) is 1. The van der Waals surface area contributed by atoms with Crippen molar-refractivity contribution in [2.45, 2.75) is 39.5 Å². The maximum Gasteiger partial charge on any atom is 0.257 e. The van der Waals surface area contributed by atoms with Crippen LogP contribution in [-0.2, 0) is 9.53 Å². The number of nitrogens with zero attached hydrogens (tertiary/aromatic N) is 1. The molecule has 1 N–H and O–H groups in total. The van der Waals surface area contributed by atoms with Crippen molar-refractivity contribution < 1.29 is 14.3 Å². The number of anilines is 1. The fourth-order valence-corrected chi connectivity index (χ4v) is 4.83. The second-order valence-corrected chi connectivity index (χ2v) is 8.75. The van der Waals surface area contributed by atoms with Gasteiger partial charge in [-0.25, -0.2) is 0 Å². The van der Waals surface area contributed by atoms with Crippen LogP contribution < -0.4 is 5.32 Å². The number of thiophene rings is 1. The lowest BCUT2D eigenvalue weighted by atomic mass is 9.87. The van der Waals surface area contributed by atoms with E-state index in [0.717, 1.165) is 67.4 Å². The van der Waals surface area contributed by atoms with Gasteiger partial charge in [0.05, 0.1) is 12.2 Å². The van der Waals surface area contributed by atoms with E-state index in [1.165, 1.54) is 11.3 Å². The molecule has 0 aromatic carbocycles. The average molecular weight is 348 g/mol. The van der Waals surface area contributed by atoms with Crippen LogP contribution in [0.3, 0.4) is 0 Å². The van der Waals surface area contributed by atoms with Crippen molar-refractivity contribution in [2.75, 3.05) is 31.6 Å². The van der Waals surface area contributed by atoms with E-state index in [1.54, 1.807) is 0 Å². The minimum absolute atomic E-state index is 0.0618. The van der Waals surface area contributed by atoms with Gasteiger partial charge in [-0.3, -0.25) is 9.59 Å². The Kier molecular flexibility index (Phi) is 3.92. The summed E-state index contributed by atoms with van der Waals surface area (Å²) in [6, 6.07) is 0. The van der Waals surface area contributed by atoms with E-state index in [1.807, 2.05) is 18.7 Å². The lowest BCUT2D eigenvalue weighted by Crippen LogP contribution is -2.33. The van der Waals surface area contributed by atoms with Gasteiger partial charge < -0.3 is 15.0 Å². The van der Waals surface area contributed by atoms with Crippen LogP contribution in [0.4, 0.5) is 5.00 Å². The van der Waals surface area contributed by atoms with Crippen LogP contribution in [0.1, 0.15) is 46.5 Å². The zero-order chi connectivity index (χ0) is 16.9. The predicted molar refractivity (Wildman–Crippen MR) is 93.5 cm³/mol. The zero-order valence-corrected chi connectivity index (χ0v) is 15.1. The van der Waals surface area contributed by atoms with Gasteiger partial charge in [0.15, 0.2) is 0 Å². The second kappa shape index (κ2) is 5.85. The summed E-state index contributed by atoms with van der Waals surface area (Å²) in [6.45, 7) is 7.13. The second-order valence-electron chi connectivity index (χ2n) is 7.53. The minimum atomic E-state index is 0.0618. The van der Waals surface area contributed by atoms with Gasteiger partial charge in [0.25, 0.3) is 5.91 Å². The fourth-order valence-electron chi connectivity index (χ4n) is 3.77. The topological polar surface area (TPSA) is 58.6 Å². The molecule has 1 atom stereocenters. The van der Waals surface area contributed by atoms with Crippen LogP contribution in [0.25, 0.3) is 0 Å². The number of likely N-dealkylation sites (tertiary alicyclic amines) is 1. The molecule has 2 amide bonds. The highest BCUT2D eigenvalue weighted by Crippen LogP contribution is 2.41. The number of amides is 2. The number of nitrogens with one attached hydrogen (secondary N) is 1. The first-order valence-electron chi connectivity index (χ1n) is 8.77. The summed E-state index contributed by atoms with van der Waals surface area (Å²) in [5.41, 5.74) is 1.86. The van der Waals surface area contributed by atoms with Gasteiger partial charge >= 0.3 is 0 Å². The van der Waals surface area contributed by atoms with Crippen molar-refractivity contribution in [3.05, 3.63) is 16.0 Å². The van der Waals surface area contributed by atoms with E-state index < -0.39 is 0 Å². The van der Waals surface area contributed by atoms with Crippen LogP contribution in [0.2, 0.25) is 0 Å². The quantitative estimate of drug-likeness (QED) is 0.914. The van der Waals surface area contributed by atoms with Crippen molar-refractivity contribution in [3.63, 3.8) is 0 Å². The van der Waals surface area contributed by atoms with E-state index in [0.29, 0.717) is 5.56 Å². The predicted octanol–water partition coefficient (Wildman–Crippen LogP) is 2.97. The highest BCUT2D eigenvalue weighted by Gasteiger charge is 2.43. The Labute approximate surface area is 146 Å². The molecule has 130 valence electrons. The van der Waals surface area contributed by atoms with Gasteiger partial charge in [0, 0.05) is 35.9 Å². The monoisotopic (exact) mass is 348 g/mol. The molecule has 6 heteroatoms. The third-order valence-corrected chi connectivity index (χ3v) is 6.82. The van der Waals surface area contributed by atoms with Gasteiger partial charge in [-0.15, -0.1) is 11.3 Å². The number of ether oxygens (including phenoxy) is 1. The number of carbonyl (C=O) groups excluding carboxylic acids is 2. The smallest absolute Gasteiger partial charge is 0.257 e. The van der Waals surface area contributed by atoms with E-state index in [-0.39, 0.29) is 23.1 Å². The Morgan fingerprint density at radius 1 is 1.29 bits per heavy atom. The highest BCUT2D eigenvalue weighted by atomic mass is 32.1. The minimum Gasteiger partial charge on any atom is -0.381 e. The van der Waals surface area contributed by atoms with Crippen molar-refractivity contribution in [2.24, 2.45) is 11.3 Å².